The van der Waals surface area contributed by atoms with Gasteiger partial charge in [0.05, 0.1) is 11.3 Å². The number of hydrogen-bond donors (Lipinski definition) is 1. The molecular formula is C18H19BrN2. The van der Waals surface area contributed by atoms with Crippen molar-refractivity contribution in [1.29, 1.82) is 5.26 Å². The predicted molar refractivity (Wildman–Crippen MR) is 91.5 cm³/mol. The molecule has 0 aromatic heterocycles. The Morgan fingerprint density at radius 2 is 1.71 bits per heavy atom. The number of nitrogens with zero attached hydrogens (tertiary/aromatic N) is 1. The highest BCUT2D eigenvalue weighted by Gasteiger charge is 2.13. The van der Waals surface area contributed by atoms with Gasteiger partial charge in [-0.15, -0.1) is 0 Å². The monoisotopic (exact) mass is 342 g/mol. The molecule has 0 fully saturated rings. The average Bonchev–Trinajstić information content (AvgIpc) is 2.37. The Bertz CT molecular complexity index is 691. The predicted octanol–water partition coefficient (Wildman–Crippen LogP) is 5.42. The van der Waals surface area contributed by atoms with Crippen LogP contribution in [0.2, 0.25) is 0 Å². The molecule has 0 saturated heterocycles. The Balaban J connectivity index is 2.37. The fraction of sp³-hybridized carbons (Fsp3) is 0.278. The normalized spacial score (nSPS) is 11.8. The summed E-state index contributed by atoms with van der Waals surface area (Å²) in [5.74, 6) is 0. The van der Waals surface area contributed by atoms with Crippen LogP contribution in [-0.4, -0.2) is 0 Å². The minimum Gasteiger partial charge on any atom is -0.377 e. The highest BCUT2D eigenvalue weighted by molar-refractivity contribution is 9.10. The molecule has 0 aliphatic rings. The van der Waals surface area contributed by atoms with Crippen molar-refractivity contribution < 1.29 is 0 Å². The summed E-state index contributed by atoms with van der Waals surface area (Å²) in [6, 6.07) is 12.4. The second kappa shape index (κ2) is 6.32. The number of nitrogens with one attached hydrogen (secondary N) is 1. The molecule has 0 saturated carbocycles. The molecule has 108 valence electrons. The van der Waals surface area contributed by atoms with E-state index in [1.54, 1.807) is 0 Å². The van der Waals surface area contributed by atoms with Crippen molar-refractivity contribution in [2.75, 3.05) is 5.32 Å². The van der Waals surface area contributed by atoms with Crippen LogP contribution < -0.4 is 5.32 Å². The number of anilines is 1. The molecule has 2 rings (SSSR count). The van der Waals surface area contributed by atoms with E-state index in [0.29, 0.717) is 5.56 Å². The Morgan fingerprint density at radius 3 is 2.29 bits per heavy atom. The van der Waals surface area contributed by atoms with Crippen LogP contribution in [-0.2, 0) is 0 Å². The van der Waals surface area contributed by atoms with E-state index < -0.39 is 0 Å². The van der Waals surface area contributed by atoms with Gasteiger partial charge in [0.1, 0.15) is 6.07 Å². The van der Waals surface area contributed by atoms with Gasteiger partial charge in [-0.3, -0.25) is 0 Å². The van der Waals surface area contributed by atoms with E-state index in [2.05, 4.69) is 67.1 Å². The number of rotatable bonds is 3. The van der Waals surface area contributed by atoms with Crippen molar-refractivity contribution in [3.05, 3.63) is 62.6 Å². The van der Waals surface area contributed by atoms with E-state index in [1.807, 2.05) is 18.2 Å². The van der Waals surface area contributed by atoms with Gasteiger partial charge in [-0.2, -0.15) is 5.26 Å². The summed E-state index contributed by atoms with van der Waals surface area (Å²) in [7, 11) is 0. The first-order chi connectivity index (χ1) is 9.92. The maximum absolute atomic E-state index is 9.23. The van der Waals surface area contributed by atoms with Gasteiger partial charge < -0.3 is 5.32 Å². The fourth-order valence-corrected chi connectivity index (χ4v) is 3.27. The van der Waals surface area contributed by atoms with Crippen molar-refractivity contribution in [3.63, 3.8) is 0 Å². The summed E-state index contributed by atoms with van der Waals surface area (Å²) in [5, 5.41) is 12.7. The second-order valence-electron chi connectivity index (χ2n) is 5.48. The highest BCUT2D eigenvalue weighted by atomic mass is 79.9. The van der Waals surface area contributed by atoms with Crippen LogP contribution in [0.3, 0.4) is 0 Å². The van der Waals surface area contributed by atoms with E-state index in [0.717, 1.165) is 10.2 Å². The van der Waals surface area contributed by atoms with Crippen molar-refractivity contribution in [3.8, 4) is 6.07 Å². The van der Waals surface area contributed by atoms with E-state index >= 15 is 0 Å². The second-order valence-corrected chi connectivity index (χ2v) is 6.40. The molecule has 21 heavy (non-hydrogen) atoms. The lowest BCUT2D eigenvalue weighted by molar-refractivity contribution is 0.861. The summed E-state index contributed by atoms with van der Waals surface area (Å²) in [6.45, 7) is 8.52. The maximum Gasteiger partial charge on any atom is 0.101 e. The third kappa shape index (κ3) is 3.46. The van der Waals surface area contributed by atoms with Crippen LogP contribution in [0.5, 0.6) is 0 Å². The van der Waals surface area contributed by atoms with Crippen LogP contribution in [0.4, 0.5) is 5.69 Å². The molecule has 0 aliphatic carbocycles. The minimum atomic E-state index is 0.145. The van der Waals surface area contributed by atoms with Gasteiger partial charge in [0.2, 0.25) is 0 Å². The van der Waals surface area contributed by atoms with Gasteiger partial charge in [0.15, 0.2) is 0 Å². The summed E-state index contributed by atoms with van der Waals surface area (Å²) >= 11 is 3.46. The van der Waals surface area contributed by atoms with Crippen molar-refractivity contribution in [1.82, 2.24) is 0 Å². The number of nitriles is 1. The summed E-state index contributed by atoms with van der Waals surface area (Å²) in [6.07, 6.45) is 0. The largest absolute Gasteiger partial charge is 0.377 e. The summed E-state index contributed by atoms with van der Waals surface area (Å²) in [4.78, 5) is 0. The quantitative estimate of drug-likeness (QED) is 0.808. The average molecular weight is 343 g/mol. The molecule has 1 atom stereocenters. The third-order valence-corrected chi connectivity index (χ3v) is 4.14. The van der Waals surface area contributed by atoms with Crippen molar-refractivity contribution in [2.24, 2.45) is 0 Å². The van der Waals surface area contributed by atoms with Crippen LogP contribution in [0.15, 0.2) is 34.8 Å². The Labute approximate surface area is 134 Å². The van der Waals surface area contributed by atoms with Crippen LogP contribution in [0, 0.1) is 32.1 Å². The first kappa shape index (κ1) is 15.6. The maximum atomic E-state index is 9.23. The van der Waals surface area contributed by atoms with Gasteiger partial charge in [-0.25, -0.2) is 0 Å². The Hall–Kier alpha value is -1.79. The molecule has 2 aromatic rings. The number of benzene rings is 2. The third-order valence-electron chi connectivity index (χ3n) is 3.65. The zero-order valence-corrected chi connectivity index (χ0v) is 14.4. The molecule has 0 heterocycles. The molecule has 0 aliphatic heterocycles. The van der Waals surface area contributed by atoms with Gasteiger partial charge in [-0.1, -0.05) is 33.6 Å². The van der Waals surface area contributed by atoms with Crippen LogP contribution >= 0.6 is 15.9 Å². The molecule has 0 amide bonds. The van der Waals surface area contributed by atoms with Crippen LogP contribution in [0.1, 0.15) is 40.8 Å². The van der Waals surface area contributed by atoms with Crippen molar-refractivity contribution in [2.45, 2.75) is 33.7 Å². The Morgan fingerprint density at radius 1 is 1.10 bits per heavy atom. The van der Waals surface area contributed by atoms with Gasteiger partial charge in [0, 0.05) is 10.5 Å². The highest BCUT2D eigenvalue weighted by Crippen LogP contribution is 2.29. The first-order valence-electron chi connectivity index (χ1n) is 6.96. The lowest BCUT2D eigenvalue weighted by Crippen LogP contribution is -2.11. The first-order valence-corrected chi connectivity index (χ1v) is 7.75. The van der Waals surface area contributed by atoms with E-state index in [1.165, 1.54) is 22.3 Å². The number of aryl methyl sites for hydroxylation is 3. The Kier molecular flexibility index (Phi) is 4.69. The summed E-state index contributed by atoms with van der Waals surface area (Å²) < 4.78 is 0.966. The SMILES string of the molecule is Cc1cc(C)c(C(C)Nc2cc(Br)ccc2C#N)c(C)c1. The van der Waals surface area contributed by atoms with Crippen molar-refractivity contribution >= 4 is 21.6 Å². The minimum absolute atomic E-state index is 0.145. The molecular weight excluding hydrogens is 324 g/mol. The topological polar surface area (TPSA) is 35.8 Å². The molecule has 0 spiro atoms. The molecule has 0 radical (unpaired) electrons. The van der Waals surface area contributed by atoms with Gasteiger partial charge in [-0.05, 0) is 62.6 Å². The van der Waals surface area contributed by atoms with Gasteiger partial charge >= 0.3 is 0 Å². The summed E-state index contributed by atoms with van der Waals surface area (Å²) in [5.41, 5.74) is 6.65. The number of hydrogen-bond acceptors (Lipinski definition) is 2. The van der Waals surface area contributed by atoms with E-state index in [4.69, 9.17) is 0 Å². The van der Waals surface area contributed by atoms with Crippen LogP contribution in [0.25, 0.3) is 0 Å². The standard InChI is InChI=1S/C18H19BrN2/c1-11-7-12(2)18(13(3)8-11)14(4)21-17-9-16(19)6-5-15(17)10-20/h5-9,14,21H,1-4H3. The molecule has 0 bridgehead atoms. The fourth-order valence-electron chi connectivity index (χ4n) is 2.91. The molecule has 2 nitrogen and oxygen atoms in total. The van der Waals surface area contributed by atoms with E-state index in [-0.39, 0.29) is 6.04 Å². The van der Waals surface area contributed by atoms with E-state index in [9.17, 15) is 5.26 Å². The number of halogens is 1. The lowest BCUT2D eigenvalue weighted by atomic mass is 9.94. The van der Waals surface area contributed by atoms with Gasteiger partial charge in [0.25, 0.3) is 0 Å². The lowest BCUT2D eigenvalue weighted by Gasteiger charge is -2.21. The molecule has 2 aromatic carbocycles. The molecule has 3 heteroatoms. The molecule has 1 N–H and O–H groups in total. The molecule has 1 unspecified atom stereocenters. The zero-order chi connectivity index (χ0) is 15.6. The smallest absolute Gasteiger partial charge is 0.101 e. The zero-order valence-electron chi connectivity index (χ0n) is 12.8.